The molecule has 2 rings (SSSR count). The molecule has 0 aliphatic heterocycles. The molecule has 1 aromatic carbocycles. The first-order chi connectivity index (χ1) is 9.81. The lowest BCUT2D eigenvalue weighted by molar-refractivity contribution is -0.137. The van der Waals surface area contributed by atoms with Gasteiger partial charge in [-0.2, -0.15) is 13.2 Å². The quantitative estimate of drug-likeness (QED) is 0.860. The van der Waals surface area contributed by atoms with Crippen LogP contribution in [0.4, 0.5) is 18.3 Å². The third kappa shape index (κ3) is 3.89. The maximum absolute atomic E-state index is 12.8. The SMILES string of the molecule is CCCc1nc(N)sc1Cc1cc(C(F)(F)F)ccc1Cl. The third-order valence-electron chi connectivity index (χ3n) is 3.01. The summed E-state index contributed by atoms with van der Waals surface area (Å²) in [7, 11) is 0. The van der Waals surface area contributed by atoms with E-state index < -0.39 is 11.7 Å². The number of rotatable bonds is 4. The standard InChI is InChI=1S/C14H14ClF3N2S/c1-2-3-11-12(21-13(19)20-11)7-8-6-9(14(16,17)18)4-5-10(8)15/h4-6H,2-3,7H2,1H3,(H2,19,20). The number of thiazole rings is 1. The summed E-state index contributed by atoms with van der Waals surface area (Å²) in [5.74, 6) is 0. The number of alkyl halides is 3. The minimum absolute atomic E-state index is 0.312. The van der Waals surface area contributed by atoms with Crippen LogP contribution in [0, 0.1) is 0 Å². The van der Waals surface area contributed by atoms with E-state index in [0.717, 1.165) is 35.5 Å². The van der Waals surface area contributed by atoms with E-state index in [1.54, 1.807) is 0 Å². The average Bonchev–Trinajstić information content (AvgIpc) is 2.71. The van der Waals surface area contributed by atoms with Gasteiger partial charge in [-0.15, -0.1) is 11.3 Å². The average molecular weight is 335 g/mol. The van der Waals surface area contributed by atoms with Crippen molar-refractivity contribution in [2.45, 2.75) is 32.4 Å². The Morgan fingerprint density at radius 3 is 2.67 bits per heavy atom. The zero-order valence-electron chi connectivity index (χ0n) is 11.3. The lowest BCUT2D eigenvalue weighted by Gasteiger charge is -2.10. The van der Waals surface area contributed by atoms with Crippen molar-refractivity contribution in [3.63, 3.8) is 0 Å². The van der Waals surface area contributed by atoms with Crippen LogP contribution in [0.1, 0.15) is 35.0 Å². The summed E-state index contributed by atoms with van der Waals surface area (Å²) in [6.45, 7) is 2.01. The molecule has 7 heteroatoms. The fourth-order valence-electron chi connectivity index (χ4n) is 2.03. The van der Waals surface area contributed by atoms with Crippen LogP contribution in [0.25, 0.3) is 0 Å². The number of aromatic nitrogens is 1. The predicted octanol–water partition coefficient (Wildman–Crippen LogP) is 4.94. The molecule has 1 heterocycles. The normalized spacial score (nSPS) is 11.9. The fourth-order valence-corrected chi connectivity index (χ4v) is 3.12. The Morgan fingerprint density at radius 1 is 1.33 bits per heavy atom. The Kier molecular flexibility index (Phi) is 4.78. The number of nitrogen functional groups attached to an aromatic ring is 1. The molecule has 0 unspecified atom stereocenters. The van der Waals surface area contributed by atoms with Crippen LogP contribution >= 0.6 is 22.9 Å². The highest BCUT2D eigenvalue weighted by Gasteiger charge is 2.31. The molecule has 2 N–H and O–H groups in total. The number of hydrogen-bond donors (Lipinski definition) is 1. The zero-order valence-corrected chi connectivity index (χ0v) is 12.9. The van der Waals surface area contributed by atoms with E-state index in [1.807, 2.05) is 6.92 Å². The summed E-state index contributed by atoms with van der Waals surface area (Å²) in [5.41, 5.74) is 6.28. The van der Waals surface area contributed by atoms with E-state index in [2.05, 4.69) is 4.98 Å². The molecule has 1 aromatic heterocycles. The summed E-state index contributed by atoms with van der Waals surface area (Å²) < 4.78 is 38.3. The Labute approximate surface area is 129 Å². The van der Waals surface area contributed by atoms with Crippen LogP contribution in [-0.2, 0) is 19.0 Å². The number of hydrogen-bond acceptors (Lipinski definition) is 3. The number of nitrogens with zero attached hydrogens (tertiary/aromatic N) is 1. The van der Waals surface area contributed by atoms with Crippen LogP contribution in [0.2, 0.25) is 5.02 Å². The minimum atomic E-state index is -4.38. The Balaban J connectivity index is 2.35. The largest absolute Gasteiger partial charge is 0.416 e. The summed E-state index contributed by atoms with van der Waals surface area (Å²) in [6, 6.07) is 3.36. The van der Waals surface area contributed by atoms with Crippen molar-refractivity contribution in [2.75, 3.05) is 5.73 Å². The Hall–Kier alpha value is -1.27. The van der Waals surface area contributed by atoms with E-state index in [0.29, 0.717) is 22.1 Å². The second-order valence-electron chi connectivity index (χ2n) is 4.65. The van der Waals surface area contributed by atoms with Gasteiger partial charge in [0.15, 0.2) is 5.13 Å². The van der Waals surface area contributed by atoms with Gasteiger partial charge in [0.2, 0.25) is 0 Å². The zero-order chi connectivity index (χ0) is 15.6. The second kappa shape index (κ2) is 6.23. The first-order valence-corrected chi connectivity index (χ1v) is 7.60. The van der Waals surface area contributed by atoms with Gasteiger partial charge in [-0.25, -0.2) is 4.98 Å². The van der Waals surface area contributed by atoms with E-state index >= 15 is 0 Å². The molecule has 0 radical (unpaired) electrons. The van der Waals surface area contributed by atoms with Gasteiger partial charge in [-0.05, 0) is 30.2 Å². The summed E-state index contributed by atoms with van der Waals surface area (Å²) >= 11 is 7.32. The molecule has 0 amide bonds. The molecule has 0 atom stereocenters. The summed E-state index contributed by atoms with van der Waals surface area (Å²) in [4.78, 5) is 5.10. The smallest absolute Gasteiger partial charge is 0.375 e. The first kappa shape index (κ1) is 16.1. The first-order valence-electron chi connectivity index (χ1n) is 6.41. The highest BCUT2D eigenvalue weighted by molar-refractivity contribution is 7.15. The van der Waals surface area contributed by atoms with Crippen LogP contribution in [0.15, 0.2) is 18.2 Å². The second-order valence-corrected chi connectivity index (χ2v) is 6.18. The van der Waals surface area contributed by atoms with Crippen molar-refractivity contribution in [3.8, 4) is 0 Å². The fraction of sp³-hybridized carbons (Fsp3) is 0.357. The van der Waals surface area contributed by atoms with Crippen LogP contribution in [0.5, 0.6) is 0 Å². The van der Waals surface area contributed by atoms with Crippen molar-refractivity contribution >= 4 is 28.1 Å². The van der Waals surface area contributed by atoms with E-state index in [-0.39, 0.29) is 0 Å². The van der Waals surface area contributed by atoms with Gasteiger partial charge in [0.25, 0.3) is 0 Å². The van der Waals surface area contributed by atoms with Gasteiger partial charge in [0.05, 0.1) is 11.3 Å². The van der Waals surface area contributed by atoms with E-state index in [9.17, 15) is 13.2 Å². The molecule has 0 aliphatic rings. The van der Waals surface area contributed by atoms with Crippen molar-refractivity contribution in [3.05, 3.63) is 44.9 Å². The molecule has 0 saturated carbocycles. The van der Waals surface area contributed by atoms with Crippen LogP contribution in [-0.4, -0.2) is 4.98 Å². The van der Waals surface area contributed by atoms with Gasteiger partial charge < -0.3 is 5.73 Å². The maximum Gasteiger partial charge on any atom is 0.416 e. The molecule has 0 fully saturated rings. The highest BCUT2D eigenvalue weighted by Crippen LogP contribution is 2.34. The lowest BCUT2D eigenvalue weighted by Crippen LogP contribution is -2.06. The van der Waals surface area contributed by atoms with Crippen molar-refractivity contribution in [2.24, 2.45) is 0 Å². The molecule has 0 bridgehead atoms. The maximum atomic E-state index is 12.8. The predicted molar refractivity (Wildman–Crippen MR) is 79.8 cm³/mol. The van der Waals surface area contributed by atoms with Gasteiger partial charge in [0.1, 0.15) is 0 Å². The molecule has 0 saturated heterocycles. The molecule has 21 heavy (non-hydrogen) atoms. The molecule has 0 spiro atoms. The van der Waals surface area contributed by atoms with Gasteiger partial charge in [-0.1, -0.05) is 24.9 Å². The molecular weight excluding hydrogens is 321 g/mol. The van der Waals surface area contributed by atoms with Gasteiger partial charge in [0, 0.05) is 16.3 Å². The van der Waals surface area contributed by atoms with Crippen LogP contribution < -0.4 is 5.73 Å². The molecule has 114 valence electrons. The number of aryl methyl sites for hydroxylation is 1. The number of halogens is 4. The molecular formula is C14H14ClF3N2S. The number of anilines is 1. The molecule has 0 aliphatic carbocycles. The highest BCUT2D eigenvalue weighted by atomic mass is 35.5. The Morgan fingerprint density at radius 2 is 2.05 bits per heavy atom. The lowest BCUT2D eigenvalue weighted by atomic mass is 10.1. The summed E-state index contributed by atoms with van der Waals surface area (Å²) in [5, 5.41) is 0.744. The molecule has 2 aromatic rings. The monoisotopic (exact) mass is 334 g/mol. The van der Waals surface area contributed by atoms with Crippen molar-refractivity contribution < 1.29 is 13.2 Å². The van der Waals surface area contributed by atoms with E-state index in [1.165, 1.54) is 17.4 Å². The Bertz CT molecular complexity index is 638. The minimum Gasteiger partial charge on any atom is -0.375 e. The van der Waals surface area contributed by atoms with Gasteiger partial charge in [-0.3, -0.25) is 0 Å². The number of nitrogens with two attached hydrogens (primary N) is 1. The summed E-state index contributed by atoms with van der Waals surface area (Å²) in [6.07, 6.45) is -2.42. The number of benzene rings is 1. The van der Waals surface area contributed by atoms with Gasteiger partial charge >= 0.3 is 6.18 Å². The van der Waals surface area contributed by atoms with Crippen molar-refractivity contribution in [1.82, 2.24) is 4.98 Å². The van der Waals surface area contributed by atoms with Crippen LogP contribution in [0.3, 0.4) is 0 Å². The topological polar surface area (TPSA) is 38.9 Å². The third-order valence-corrected chi connectivity index (χ3v) is 4.30. The van der Waals surface area contributed by atoms with Crippen molar-refractivity contribution in [1.29, 1.82) is 0 Å². The van der Waals surface area contributed by atoms with E-state index in [4.69, 9.17) is 17.3 Å². The molecule has 2 nitrogen and oxygen atoms in total.